The molecular formula is C12H20N2OS. The number of nitrogens with zero attached hydrogens (tertiary/aromatic N) is 1. The van der Waals surface area contributed by atoms with E-state index in [4.69, 9.17) is 10.5 Å². The molecule has 1 aliphatic carbocycles. The Kier molecular flexibility index (Phi) is 4.35. The van der Waals surface area contributed by atoms with Crippen molar-refractivity contribution in [2.24, 2.45) is 5.73 Å². The van der Waals surface area contributed by atoms with E-state index in [0.717, 1.165) is 19.2 Å². The first-order valence-corrected chi connectivity index (χ1v) is 6.78. The maximum Gasteiger partial charge on any atom is 0.0590 e. The molecule has 0 amide bonds. The maximum atomic E-state index is 5.92. The Labute approximate surface area is 101 Å². The van der Waals surface area contributed by atoms with Crippen LogP contribution in [0.25, 0.3) is 0 Å². The Morgan fingerprint density at radius 2 is 2.44 bits per heavy atom. The molecule has 1 aromatic rings. The minimum absolute atomic E-state index is 0.369. The van der Waals surface area contributed by atoms with Gasteiger partial charge in [0, 0.05) is 32.3 Å². The van der Waals surface area contributed by atoms with E-state index < -0.39 is 0 Å². The first-order valence-electron chi connectivity index (χ1n) is 5.83. The summed E-state index contributed by atoms with van der Waals surface area (Å²) in [6.07, 6.45) is 2.62. The summed E-state index contributed by atoms with van der Waals surface area (Å²) >= 11 is 1.74. The molecule has 16 heavy (non-hydrogen) atoms. The lowest BCUT2D eigenvalue weighted by Gasteiger charge is -2.30. The van der Waals surface area contributed by atoms with Crippen LogP contribution in [-0.2, 0) is 4.74 Å². The molecule has 0 aromatic carbocycles. The molecule has 1 aliphatic rings. The Morgan fingerprint density at radius 1 is 1.62 bits per heavy atom. The summed E-state index contributed by atoms with van der Waals surface area (Å²) < 4.78 is 5.18. The Morgan fingerprint density at radius 3 is 2.94 bits per heavy atom. The van der Waals surface area contributed by atoms with Gasteiger partial charge >= 0.3 is 0 Å². The average molecular weight is 240 g/mol. The second-order valence-electron chi connectivity index (χ2n) is 4.27. The van der Waals surface area contributed by atoms with Gasteiger partial charge in [0.25, 0.3) is 0 Å². The van der Waals surface area contributed by atoms with Crippen LogP contribution >= 0.6 is 11.3 Å². The van der Waals surface area contributed by atoms with Crippen molar-refractivity contribution in [3.05, 3.63) is 22.4 Å². The zero-order chi connectivity index (χ0) is 11.4. The molecule has 1 saturated carbocycles. The van der Waals surface area contributed by atoms with Gasteiger partial charge in [0.2, 0.25) is 0 Å². The van der Waals surface area contributed by atoms with Crippen LogP contribution in [0.15, 0.2) is 16.8 Å². The Hall–Kier alpha value is -0.420. The van der Waals surface area contributed by atoms with E-state index in [1.54, 1.807) is 18.4 Å². The summed E-state index contributed by atoms with van der Waals surface area (Å²) in [5, 5.41) is 4.33. The molecule has 2 rings (SSSR count). The van der Waals surface area contributed by atoms with Crippen LogP contribution in [0.2, 0.25) is 0 Å². The van der Waals surface area contributed by atoms with Crippen molar-refractivity contribution in [2.45, 2.75) is 24.9 Å². The average Bonchev–Trinajstić information content (AvgIpc) is 3.00. The van der Waals surface area contributed by atoms with Crippen LogP contribution in [0.5, 0.6) is 0 Å². The lowest BCUT2D eigenvalue weighted by molar-refractivity contribution is 0.116. The first-order chi connectivity index (χ1) is 7.86. The molecule has 1 heterocycles. The number of hydrogen-bond acceptors (Lipinski definition) is 4. The molecule has 1 fully saturated rings. The number of rotatable bonds is 7. The van der Waals surface area contributed by atoms with Gasteiger partial charge in [-0.15, -0.1) is 0 Å². The van der Waals surface area contributed by atoms with Crippen molar-refractivity contribution in [1.82, 2.24) is 4.90 Å². The molecule has 1 atom stereocenters. The Balaban J connectivity index is 2.03. The fourth-order valence-corrected chi connectivity index (χ4v) is 2.83. The largest absolute Gasteiger partial charge is 0.383 e. The van der Waals surface area contributed by atoms with Crippen LogP contribution in [0.3, 0.4) is 0 Å². The highest BCUT2D eigenvalue weighted by Gasteiger charge is 2.33. The second-order valence-corrected chi connectivity index (χ2v) is 5.05. The van der Waals surface area contributed by atoms with Crippen LogP contribution in [0.1, 0.15) is 24.4 Å². The van der Waals surface area contributed by atoms with Crippen molar-refractivity contribution in [3.63, 3.8) is 0 Å². The number of thiophene rings is 1. The summed E-state index contributed by atoms with van der Waals surface area (Å²) in [4.78, 5) is 2.51. The predicted octanol–water partition coefficient (Wildman–Crippen LogP) is 1.86. The standard InChI is InChI=1S/C12H20N2OS/c1-15-6-5-14(11-2-3-11)12(8-13)10-4-7-16-9-10/h4,7,9,11-12H,2-3,5-6,8,13H2,1H3. The fraction of sp³-hybridized carbons (Fsp3) is 0.667. The van der Waals surface area contributed by atoms with Gasteiger partial charge in [-0.25, -0.2) is 0 Å². The van der Waals surface area contributed by atoms with Gasteiger partial charge in [-0.2, -0.15) is 11.3 Å². The number of nitrogens with two attached hydrogens (primary N) is 1. The van der Waals surface area contributed by atoms with Gasteiger partial charge in [-0.3, -0.25) is 4.90 Å². The monoisotopic (exact) mass is 240 g/mol. The van der Waals surface area contributed by atoms with Crippen molar-refractivity contribution in [2.75, 3.05) is 26.8 Å². The molecule has 3 nitrogen and oxygen atoms in total. The molecule has 0 spiro atoms. The summed E-state index contributed by atoms with van der Waals surface area (Å²) in [6, 6.07) is 3.28. The summed E-state index contributed by atoms with van der Waals surface area (Å²) in [5.41, 5.74) is 7.28. The van der Waals surface area contributed by atoms with Crippen molar-refractivity contribution >= 4 is 11.3 Å². The topological polar surface area (TPSA) is 38.5 Å². The van der Waals surface area contributed by atoms with Crippen molar-refractivity contribution in [3.8, 4) is 0 Å². The quantitative estimate of drug-likeness (QED) is 0.790. The van der Waals surface area contributed by atoms with Gasteiger partial charge in [0.05, 0.1) is 6.61 Å². The third kappa shape index (κ3) is 2.83. The van der Waals surface area contributed by atoms with E-state index in [2.05, 4.69) is 21.7 Å². The summed E-state index contributed by atoms with van der Waals surface area (Å²) in [7, 11) is 1.76. The van der Waals surface area contributed by atoms with E-state index in [-0.39, 0.29) is 0 Å². The highest BCUT2D eigenvalue weighted by Crippen LogP contribution is 2.34. The van der Waals surface area contributed by atoms with Gasteiger partial charge in [-0.1, -0.05) is 0 Å². The van der Waals surface area contributed by atoms with Crippen LogP contribution in [0.4, 0.5) is 0 Å². The molecule has 0 saturated heterocycles. The molecule has 4 heteroatoms. The summed E-state index contributed by atoms with van der Waals surface area (Å²) in [6.45, 7) is 2.47. The lowest BCUT2D eigenvalue weighted by Crippen LogP contribution is -2.37. The SMILES string of the molecule is COCCN(C1CC1)C(CN)c1ccsc1. The highest BCUT2D eigenvalue weighted by molar-refractivity contribution is 7.07. The van der Waals surface area contributed by atoms with E-state index in [1.807, 2.05) is 0 Å². The van der Waals surface area contributed by atoms with Gasteiger partial charge in [-0.05, 0) is 35.2 Å². The molecule has 1 aromatic heterocycles. The smallest absolute Gasteiger partial charge is 0.0590 e. The minimum Gasteiger partial charge on any atom is -0.383 e. The molecule has 0 bridgehead atoms. The number of hydrogen-bond donors (Lipinski definition) is 1. The van der Waals surface area contributed by atoms with E-state index >= 15 is 0 Å². The number of ether oxygens (including phenoxy) is 1. The third-order valence-electron chi connectivity index (χ3n) is 3.12. The molecule has 0 aliphatic heterocycles. The number of methoxy groups -OCH3 is 1. The van der Waals surface area contributed by atoms with Gasteiger partial charge in [0.15, 0.2) is 0 Å². The first kappa shape index (κ1) is 12.0. The van der Waals surface area contributed by atoms with Crippen LogP contribution < -0.4 is 5.73 Å². The minimum atomic E-state index is 0.369. The molecule has 2 N–H and O–H groups in total. The van der Waals surface area contributed by atoms with Crippen molar-refractivity contribution in [1.29, 1.82) is 0 Å². The molecule has 0 radical (unpaired) electrons. The normalized spacial score (nSPS) is 17.9. The Bertz CT molecular complexity index is 298. The zero-order valence-corrected chi connectivity index (χ0v) is 10.6. The maximum absolute atomic E-state index is 5.92. The fourth-order valence-electron chi connectivity index (χ4n) is 2.12. The summed E-state index contributed by atoms with van der Waals surface area (Å²) in [5.74, 6) is 0. The lowest BCUT2D eigenvalue weighted by atomic mass is 10.1. The molecule has 1 unspecified atom stereocenters. The molecule has 90 valence electrons. The highest BCUT2D eigenvalue weighted by atomic mass is 32.1. The van der Waals surface area contributed by atoms with Gasteiger partial charge < -0.3 is 10.5 Å². The van der Waals surface area contributed by atoms with Gasteiger partial charge in [0.1, 0.15) is 0 Å². The van der Waals surface area contributed by atoms with Crippen LogP contribution in [0, 0.1) is 0 Å². The van der Waals surface area contributed by atoms with Crippen molar-refractivity contribution < 1.29 is 4.74 Å². The predicted molar refractivity (Wildman–Crippen MR) is 67.7 cm³/mol. The molecular weight excluding hydrogens is 220 g/mol. The van der Waals surface area contributed by atoms with E-state index in [9.17, 15) is 0 Å². The van der Waals surface area contributed by atoms with Crippen LogP contribution in [-0.4, -0.2) is 37.7 Å². The zero-order valence-electron chi connectivity index (χ0n) is 9.76. The second kappa shape index (κ2) is 5.77. The van der Waals surface area contributed by atoms with E-state index in [1.165, 1.54) is 18.4 Å². The third-order valence-corrected chi connectivity index (χ3v) is 3.82. The van der Waals surface area contributed by atoms with E-state index in [0.29, 0.717) is 12.6 Å².